The molecule has 0 radical (unpaired) electrons. The van der Waals surface area contributed by atoms with Gasteiger partial charge in [0.2, 0.25) is 0 Å². The van der Waals surface area contributed by atoms with E-state index < -0.39 is 0 Å². The molecule has 2 heterocycles. The molecule has 0 atom stereocenters. The Kier molecular flexibility index (Phi) is 3.64. The molecule has 0 bridgehead atoms. The highest BCUT2D eigenvalue weighted by Crippen LogP contribution is 2.17. The van der Waals surface area contributed by atoms with Crippen molar-refractivity contribution in [1.29, 1.82) is 0 Å². The van der Waals surface area contributed by atoms with Crippen molar-refractivity contribution in [1.82, 2.24) is 15.0 Å². The van der Waals surface area contributed by atoms with Crippen molar-refractivity contribution in [2.75, 3.05) is 0 Å². The number of rotatable bonds is 3. The third kappa shape index (κ3) is 2.97. The summed E-state index contributed by atoms with van der Waals surface area (Å²) in [7, 11) is 0. The molecule has 2 aromatic heterocycles. The molecule has 4 heteroatoms. The van der Waals surface area contributed by atoms with Crippen molar-refractivity contribution in [2.24, 2.45) is 0 Å². The van der Waals surface area contributed by atoms with E-state index in [2.05, 4.69) is 27.9 Å². The molecule has 0 amide bonds. The van der Waals surface area contributed by atoms with Gasteiger partial charge in [-0.15, -0.1) is 0 Å². The Bertz CT molecular complexity index is 575. The minimum atomic E-state index is 0.628. The highest BCUT2D eigenvalue weighted by Gasteiger charge is 2.02. The average molecular weight is 245 g/mol. The number of nitrogens with zero attached hydrogens (tertiary/aromatic N) is 2. The van der Waals surface area contributed by atoms with E-state index in [1.807, 2.05) is 25.4 Å². The highest BCUT2D eigenvalue weighted by atomic mass is 32.1. The summed E-state index contributed by atoms with van der Waals surface area (Å²) in [5.41, 5.74) is 3.18. The lowest BCUT2D eigenvalue weighted by Crippen LogP contribution is -1.97. The van der Waals surface area contributed by atoms with Gasteiger partial charge in [0.1, 0.15) is 10.5 Å². The number of nitrogens with one attached hydrogen (secondary N) is 1. The smallest absolute Gasteiger partial charge is 0.130 e. The van der Waals surface area contributed by atoms with Crippen LogP contribution in [0.3, 0.4) is 0 Å². The molecule has 0 fully saturated rings. The lowest BCUT2D eigenvalue weighted by Gasteiger charge is -2.05. The largest absolute Gasteiger partial charge is 0.343 e. The van der Waals surface area contributed by atoms with E-state index in [0.29, 0.717) is 4.64 Å². The second-order valence-corrected chi connectivity index (χ2v) is 4.50. The van der Waals surface area contributed by atoms with Gasteiger partial charge in [-0.25, -0.2) is 4.98 Å². The zero-order valence-corrected chi connectivity index (χ0v) is 10.8. The number of aromatic nitrogens is 3. The van der Waals surface area contributed by atoms with Gasteiger partial charge < -0.3 is 4.98 Å². The summed E-state index contributed by atoms with van der Waals surface area (Å²) in [4.78, 5) is 11.8. The Morgan fingerprint density at radius 2 is 2.12 bits per heavy atom. The van der Waals surface area contributed by atoms with E-state index in [1.165, 1.54) is 0 Å². The Hall–Kier alpha value is -1.55. The lowest BCUT2D eigenvalue weighted by atomic mass is 10.1. The average Bonchev–Trinajstić information content (AvgIpc) is 2.28. The Morgan fingerprint density at radius 1 is 1.29 bits per heavy atom. The van der Waals surface area contributed by atoms with Crippen molar-refractivity contribution < 1.29 is 0 Å². The number of pyridine rings is 1. The summed E-state index contributed by atoms with van der Waals surface area (Å²) in [6.45, 7) is 4.15. The molecule has 3 nitrogen and oxygen atoms in total. The lowest BCUT2D eigenvalue weighted by molar-refractivity contribution is 0.833. The highest BCUT2D eigenvalue weighted by molar-refractivity contribution is 7.71. The first-order chi connectivity index (χ1) is 8.19. The normalized spacial score (nSPS) is 10.5. The van der Waals surface area contributed by atoms with Crippen LogP contribution in [0.15, 0.2) is 24.5 Å². The van der Waals surface area contributed by atoms with E-state index in [1.54, 1.807) is 0 Å². The van der Waals surface area contributed by atoms with Gasteiger partial charge in [-0.05, 0) is 31.0 Å². The van der Waals surface area contributed by atoms with Crippen molar-refractivity contribution in [3.63, 3.8) is 0 Å². The van der Waals surface area contributed by atoms with Crippen LogP contribution in [-0.2, 0) is 6.42 Å². The van der Waals surface area contributed by atoms with Gasteiger partial charge in [0.15, 0.2) is 0 Å². The van der Waals surface area contributed by atoms with Crippen molar-refractivity contribution in [3.8, 4) is 11.3 Å². The van der Waals surface area contributed by atoms with Gasteiger partial charge in [-0.3, -0.25) is 4.98 Å². The van der Waals surface area contributed by atoms with Gasteiger partial charge in [0.05, 0.1) is 5.69 Å². The second kappa shape index (κ2) is 5.19. The molecule has 0 spiro atoms. The fourth-order valence-electron chi connectivity index (χ4n) is 1.72. The zero-order chi connectivity index (χ0) is 12.3. The van der Waals surface area contributed by atoms with Gasteiger partial charge in [0, 0.05) is 24.4 Å². The first kappa shape index (κ1) is 11.9. The second-order valence-electron chi connectivity index (χ2n) is 4.08. The van der Waals surface area contributed by atoms with Crippen LogP contribution in [0, 0.1) is 11.6 Å². The van der Waals surface area contributed by atoms with Crippen molar-refractivity contribution >= 4 is 12.2 Å². The minimum Gasteiger partial charge on any atom is -0.343 e. The number of H-pyrrole nitrogens is 1. The fraction of sp³-hybridized carbons (Fsp3) is 0.308. The van der Waals surface area contributed by atoms with Crippen LogP contribution in [0.4, 0.5) is 0 Å². The summed E-state index contributed by atoms with van der Waals surface area (Å²) in [6, 6.07) is 3.97. The molecule has 0 aliphatic carbocycles. The molecule has 0 aromatic carbocycles. The first-order valence-electron chi connectivity index (χ1n) is 5.71. The van der Waals surface area contributed by atoms with Gasteiger partial charge in [0.25, 0.3) is 0 Å². The molecular formula is C13H15N3S. The molecule has 0 saturated heterocycles. The van der Waals surface area contributed by atoms with Crippen LogP contribution in [0.25, 0.3) is 11.3 Å². The molecule has 17 heavy (non-hydrogen) atoms. The molecular weight excluding hydrogens is 230 g/mol. The van der Waals surface area contributed by atoms with E-state index in [4.69, 9.17) is 12.2 Å². The third-order valence-electron chi connectivity index (χ3n) is 2.46. The zero-order valence-electron chi connectivity index (χ0n) is 10.0. The minimum absolute atomic E-state index is 0.628. The van der Waals surface area contributed by atoms with E-state index >= 15 is 0 Å². The standard InChI is InChI=1S/C13H15N3S/c1-3-4-12-15-11(6-13(17)16-12)10-5-9(2)7-14-8-10/h5-8H,3-4H2,1-2H3,(H,15,16,17). The van der Waals surface area contributed by atoms with Crippen LogP contribution in [0.5, 0.6) is 0 Å². The van der Waals surface area contributed by atoms with Crippen LogP contribution in [0.2, 0.25) is 0 Å². The van der Waals surface area contributed by atoms with Crippen molar-refractivity contribution in [2.45, 2.75) is 26.7 Å². The predicted octanol–water partition coefficient (Wildman–Crippen LogP) is 3.46. The molecule has 2 aromatic rings. The maximum absolute atomic E-state index is 5.18. The fourth-order valence-corrected chi connectivity index (χ4v) is 1.95. The molecule has 0 saturated carbocycles. The molecule has 88 valence electrons. The van der Waals surface area contributed by atoms with E-state index in [9.17, 15) is 0 Å². The quantitative estimate of drug-likeness (QED) is 0.842. The van der Waals surface area contributed by atoms with E-state index in [0.717, 1.165) is 35.5 Å². The Labute approximate surface area is 106 Å². The van der Waals surface area contributed by atoms with Gasteiger partial charge in [-0.2, -0.15) is 0 Å². The number of hydrogen-bond acceptors (Lipinski definition) is 3. The van der Waals surface area contributed by atoms with Gasteiger partial charge >= 0.3 is 0 Å². The van der Waals surface area contributed by atoms with E-state index in [-0.39, 0.29) is 0 Å². The predicted molar refractivity (Wildman–Crippen MR) is 71.4 cm³/mol. The monoisotopic (exact) mass is 245 g/mol. The number of hydrogen-bond donors (Lipinski definition) is 1. The summed E-state index contributed by atoms with van der Waals surface area (Å²) < 4.78 is 0.628. The summed E-state index contributed by atoms with van der Waals surface area (Å²) >= 11 is 5.18. The molecule has 0 aliphatic rings. The maximum Gasteiger partial charge on any atom is 0.130 e. The Balaban J connectivity index is 2.48. The molecule has 0 aliphatic heterocycles. The third-order valence-corrected chi connectivity index (χ3v) is 2.67. The Morgan fingerprint density at radius 3 is 2.82 bits per heavy atom. The summed E-state index contributed by atoms with van der Waals surface area (Å²) in [5, 5.41) is 0. The van der Waals surface area contributed by atoms with Crippen molar-refractivity contribution in [3.05, 3.63) is 40.6 Å². The summed E-state index contributed by atoms with van der Waals surface area (Å²) in [5.74, 6) is 0.941. The van der Waals surface area contributed by atoms with Crippen LogP contribution in [0.1, 0.15) is 24.7 Å². The van der Waals surface area contributed by atoms with Gasteiger partial charge in [-0.1, -0.05) is 19.1 Å². The number of aromatic amines is 1. The molecule has 1 N–H and O–H groups in total. The molecule has 0 unspecified atom stereocenters. The summed E-state index contributed by atoms with van der Waals surface area (Å²) in [6.07, 6.45) is 5.64. The maximum atomic E-state index is 5.18. The van der Waals surface area contributed by atoms with Crippen LogP contribution >= 0.6 is 12.2 Å². The topological polar surface area (TPSA) is 41.6 Å². The first-order valence-corrected chi connectivity index (χ1v) is 6.12. The number of aryl methyl sites for hydroxylation is 2. The SMILES string of the molecule is CCCc1nc(=S)cc(-c2cncc(C)c2)[nH]1. The van der Waals surface area contributed by atoms with Crippen LogP contribution < -0.4 is 0 Å². The van der Waals surface area contributed by atoms with Crippen LogP contribution in [-0.4, -0.2) is 15.0 Å². The molecule has 2 rings (SSSR count).